The van der Waals surface area contributed by atoms with Crippen LogP contribution in [0.4, 0.5) is 0 Å². The van der Waals surface area contributed by atoms with E-state index >= 15 is 0 Å². The highest BCUT2D eigenvalue weighted by Gasteiger charge is 2.33. The standard InChI is InChI=1S/C31H40N2O3/c1-23-28(20-24-10-12-26(13-11-24)30(34)36-2)27-8-4-5-9-29(27)33(23)21-25-14-18-32(19-15-25)22-31(35)16-6-3-7-17-31/h4-5,8-13,25,35H,3,6-7,14-22H2,1-2H3. The quantitative estimate of drug-likeness (QED) is 0.431. The fraction of sp³-hybridized carbons (Fsp3) is 0.516. The third kappa shape index (κ3) is 5.37. The van der Waals surface area contributed by atoms with Gasteiger partial charge in [0, 0.05) is 29.7 Å². The normalized spacial score (nSPS) is 19.0. The van der Waals surface area contributed by atoms with Gasteiger partial charge in [0.25, 0.3) is 0 Å². The summed E-state index contributed by atoms with van der Waals surface area (Å²) in [7, 11) is 1.41. The smallest absolute Gasteiger partial charge is 0.337 e. The number of methoxy groups -OCH3 is 1. The first kappa shape index (κ1) is 25.0. The molecule has 2 aliphatic rings. The minimum absolute atomic E-state index is 0.298. The van der Waals surface area contributed by atoms with Gasteiger partial charge in [0.2, 0.25) is 0 Å². The Kier molecular flexibility index (Phi) is 7.49. The molecule has 0 amide bonds. The molecule has 2 aromatic carbocycles. The van der Waals surface area contributed by atoms with Crippen molar-refractivity contribution in [2.75, 3.05) is 26.7 Å². The average Bonchev–Trinajstić information content (AvgIpc) is 3.16. The van der Waals surface area contributed by atoms with Gasteiger partial charge >= 0.3 is 5.97 Å². The molecule has 5 nitrogen and oxygen atoms in total. The van der Waals surface area contributed by atoms with Gasteiger partial charge in [-0.25, -0.2) is 4.79 Å². The molecular weight excluding hydrogens is 448 g/mol. The number of hydrogen-bond acceptors (Lipinski definition) is 4. The van der Waals surface area contributed by atoms with Crippen molar-refractivity contribution in [1.29, 1.82) is 0 Å². The van der Waals surface area contributed by atoms with Crippen LogP contribution in [0.15, 0.2) is 48.5 Å². The molecule has 0 unspecified atom stereocenters. The molecule has 2 fully saturated rings. The summed E-state index contributed by atoms with van der Waals surface area (Å²) in [4.78, 5) is 14.3. The van der Waals surface area contributed by atoms with Crippen molar-refractivity contribution in [3.8, 4) is 0 Å². The van der Waals surface area contributed by atoms with Gasteiger partial charge in [-0.15, -0.1) is 0 Å². The van der Waals surface area contributed by atoms with Gasteiger partial charge in [-0.3, -0.25) is 0 Å². The number of esters is 1. The van der Waals surface area contributed by atoms with Gasteiger partial charge in [-0.2, -0.15) is 0 Å². The van der Waals surface area contributed by atoms with E-state index in [1.807, 2.05) is 24.3 Å². The average molecular weight is 489 g/mol. The maximum absolute atomic E-state index is 11.8. The maximum Gasteiger partial charge on any atom is 0.337 e. The van der Waals surface area contributed by atoms with Crippen molar-refractivity contribution in [2.45, 2.75) is 70.4 Å². The van der Waals surface area contributed by atoms with Crippen molar-refractivity contribution >= 4 is 16.9 Å². The van der Waals surface area contributed by atoms with Crippen LogP contribution in [-0.2, 0) is 17.7 Å². The summed E-state index contributed by atoms with van der Waals surface area (Å²) in [6.07, 6.45) is 8.77. The molecule has 2 heterocycles. The lowest BCUT2D eigenvalue weighted by Gasteiger charge is -2.40. The van der Waals surface area contributed by atoms with Gasteiger partial charge in [-0.1, -0.05) is 49.6 Å². The Morgan fingerprint density at radius 3 is 2.42 bits per heavy atom. The third-order valence-electron chi connectivity index (χ3n) is 8.57. The van der Waals surface area contributed by atoms with E-state index in [1.165, 1.54) is 66.9 Å². The fourth-order valence-electron chi connectivity index (χ4n) is 6.41. The molecule has 1 aliphatic carbocycles. The molecule has 5 heteroatoms. The Morgan fingerprint density at radius 1 is 1.03 bits per heavy atom. The summed E-state index contributed by atoms with van der Waals surface area (Å²) in [6.45, 7) is 6.33. The van der Waals surface area contributed by atoms with Crippen LogP contribution >= 0.6 is 0 Å². The highest BCUT2D eigenvalue weighted by molar-refractivity contribution is 5.89. The molecule has 1 aromatic heterocycles. The maximum atomic E-state index is 11.8. The molecule has 1 N–H and O–H groups in total. The molecule has 0 atom stereocenters. The number of rotatable bonds is 7. The minimum Gasteiger partial charge on any atom is -0.465 e. The number of hydrogen-bond donors (Lipinski definition) is 1. The first-order valence-corrected chi connectivity index (χ1v) is 13.6. The Morgan fingerprint density at radius 2 is 1.72 bits per heavy atom. The van der Waals surface area contributed by atoms with E-state index in [4.69, 9.17) is 4.74 Å². The molecule has 1 saturated heterocycles. The predicted molar refractivity (Wildman–Crippen MR) is 144 cm³/mol. The molecule has 0 spiro atoms. The number of nitrogens with zero attached hydrogens (tertiary/aromatic N) is 2. The second kappa shape index (κ2) is 10.8. The number of aromatic nitrogens is 1. The summed E-state index contributed by atoms with van der Waals surface area (Å²) in [6, 6.07) is 16.5. The summed E-state index contributed by atoms with van der Waals surface area (Å²) in [5.74, 6) is 0.359. The second-order valence-electron chi connectivity index (χ2n) is 11.1. The van der Waals surface area contributed by atoms with E-state index in [-0.39, 0.29) is 5.97 Å². The summed E-state index contributed by atoms with van der Waals surface area (Å²) >= 11 is 0. The van der Waals surface area contributed by atoms with Crippen molar-refractivity contribution < 1.29 is 14.6 Å². The molecule has 3 aromatic rings. The number of carbonyl (C=O) groups excluding carboxylic acids is 1. The molecule has 36 heavy (non-hydrogen) atoms. The largest absolute Gasteiger partial charge is 0.465 e. The minimum atomic E-state index is -0.456. The van der Waals surface area contributed by atoms with E-state index in [9.17, 15) is 9.90 Å². The number of aliphatic hydroxyl groups is 1. The van der Waals surface area contributed by atoms with Gasteiger partial charge < -0.3 is 19.3 Å². The molecule has 1 aliphatic heterocycles. The van der Waals surface area contributed by atoms with Crippen LogP contribution in [-0.4, -0.2) is 52.9 Å². The van der Waals surface area contributed by atoms with Crippen LogP contribution in [0.3, 0.4) is 0 Å². The van der Waals surface area contributed by atoms with E-state index in [1.54, 1.807) is 0 Å². The topological polar surface area (TPSA) is 54.7 Å². The summed E-state index contributed by atoms with van der Waals surface area (Å²) < 4.78 is 7.37. The van der Waals surface area contributed by atoms with Crippen LogP contribution in [0.25, 0.3) is 10.9 Å². The Labute approximate surface area is 215 Å². The summed E-state index contributed by atoms with van der Waals surface area (Å²) in [5, 5.41) is 12.3. The zero-order valence-electron chi connectivity index (χ0n) is 21.8. The fourth-order valence-corrected chi connectivity index (χ4v) is 6.41. The van der Waals surface area contributed by atoms with E-state index in [0.29, 0.717) is 11.5 Å². The summed E-state index contributed by atoms with van der Waals surface area (Å²) in [5.41, 5.74) is 5.35. The highest BCUT2D eigenvalue weighted by atomic mass is 16.5. The number of likely N-dealkylation sites (tertiary alicyclic amines) is 1. The van der Waals surface area contributed by atoms with Crippen molar-refractivity contribution in [3.05, 3.63) is 70.9 Å². The number of β-amino-alcohol motifs (C(OH)–C–C–N with tert-alkyl or cyclic N) is 1. The van der Waals surface area contributed by atoms with Crippen molar-refractivity contribution in [2.24, 2.45) is 5.92 Å². The number of fused-ring (bicyclic) bond motifs is 1. The van der Waals surface area contributed by atoms with Crippen molar-refractivity contribution in [1.82, 2.24) is 9.47 Å². The third-order valence-corrected chi connectivity index (χ3v) is 8.57. The zero-order chi connectivity index (χ0) is 25.1. The van der Waals surface area contributed by atoms with Crippen LogP contribution in [0.5, 0.6) is 0 Å². The van der Waals surface area contributed by atoms with E-state index in [0.717, 1.165) is 45.4 Å². The van der Waals surface area contributed by atoms with Crippen LogP contribution in [0.2, 0.25) is 0 Å². The number of piperidine rings is 1. The SMILES string of the molecule is COC(=O)c1ccc(Cc2c(C)n(CC3CCN(CC4(O)CCCCC4)CC3)c3ccccc23)cc1. The lowest BCUT2D eigenvalue weighted by molar-refractivity contribution is -0.0330. The van der Waals surface area contributed by atoms with Crippen LogP contribution < -0.4 is 0 Å². The lowest BCUT2D eigenvalue weighted by atomic mass is 9.84. The first-order valence-electron chi connectivity index (χ1n) is 13.6. The Hall–Kier alpha value is -2.63. The second-order valence-corrected chi connectivity index (χ2v) is 11.1. The number of benzene rings is 2. The molecule has 5 rings (SSSR count). The molecular formula is C31H40N2O3. The van der Waals surface area contributed by atoms with Gasteiger partial charge in [0.1, 0.15) is 0 Å². The monoisotopic (exact) mass is 488 g/mol. The number of carbonyl (C=O) groups is 1. The van der Waals surface area contributed by atoms with Crippen LogP contribution in [0, 0.1) is 12.8 Å². The highest BCUT2D eigenvalue weighted by Crippen LogP contribution is 2.33. The first-order chi connectivity index (χ1) is 17.5. The predicted octanol–water partition coefficient (Wildman–Crippen LogP) is 5.73. The van der Waals surface area contributed by atoms with Gasteiger partial charge in [0.15, 0.2) is 0 Å². The molecule has 0 bridgehead atoms. The van der Waals surface area contributed by atoms with E-state index in [2.05, 4.69) is 40.7 Å². The molecule has 192 valence electrons. The Bertz CT molecular complexity index is 1180. The molecule has 1 saturated carbocycles. The van der Waals surface area contributed by atoms with Crippen molar-refractivity contribution in [3.63, 3.8) is 0 Å². The van der Waals surface area contributed by atoms with E-state index < -0.39 is 5.60 Å². The molecule has 0 radical (unpaired) electrons. The van der Waals surface area contributed by atoms with Gasteiger partial charge in [0.05, 0.1) is 18.3 Å². The van der Waals surface area contributed by atoms with Gasteiger partial charge in [-0.05, 0) is 87.4 Å². The Balaban J connectivity index is 1.28. The number of para-hydroxylation sites is 1. The number of ether oxygens (including phenoxy) is 1. The zero-order valence-corrected chi connectivity index (χ0v) is 21.8. The van der Waals surface area contributed by atoms with Crippen LogP contribution in [0.1, 0.15) is 72.1 Å². The lowest BCUT2D eigenvalue weighted by Crippen LogP contribution is -2.47.